The number of azo groups is 1. The van der Waals surface area contributed by atoms with Gasteiger partial charge in [0.1, 0.15) is 6.04 Å². The molecule has 0 aliphatic rings. The molecule has 2 aromatic rings. The SMILES string of the molecule is NCC(N=Nc1ccc(Cl)c(Br)c1)c1ccccc1. The van der Waals surface area contributed by atoms with Crippen LogP contribution >= 0.6 is 27.5 Å². The number of hydrogen-bond donors (Lipinski definition) is 1. The Balaban J connectivity index is 2.18. The van der Waals surface area contributed by atoms with Gasteiger partial charge in [0.2, 0.25) is 0 Å². The van der Waals surface area contributed by atoms with Crippen LogP contribution in [0.25, 0.3) is 0 Å². The molecule has 1 unspecified atom stereocenters. The maximum Gasteiger partial charge on any atom is 0.108 e. The van der Waals surface area contributed by atoms with Crippen molar-refractivity contribution in [3.05, 3.63) is 63.6 Å². The van der Waals surface area contributed by atoms with Crippen LogP contribution in [0.1, 0.15) is 11.6 Å². The fourth-order valence-corrected chi connectivity index (χ4v) is 2.09. The van der Waals surface area contributed by atoms with E-state index in [0.717, 1.165) is 15.7 Å². The van der Waals surface area contributed by atoms with Gasteiger partial charge in [-0.15, -0.1) is 0 Å². The van der Waals surface area contributed by atoms with E-state index in [1.165, 1.54) is 0 Å². The lowest BCUT2D eigenvalue weighted by atomic mass is 10.1. The number of nitrogens with zero attached hydrogens (tertiary/aromatic N) is 2. The lowest BCUT2D eigenvalue weighted by Gasteiger charge is -2.08. The minimum Gasteiger partial charge on any atom is -0.328 e. The standard InChI is InChI=1S/C14H13BrClN3/c15-12-8-11(6-7-13(12)16)18-19-14(9-17)10-4-2-1-3-5-10/h1-8,14H,9,17H2. The zero-order valence-corrected chi connectivity index (χ0v) is 12.5. The Kier molecular flexibility index (Phi) is 5.07. The van der Waals surface area contributed by atoms with Crippen LogP contribution < -0.4 is 5.73 Å². The molecule has 0 radical (unpaired) electrons. The Hall–Kier alpha value is -1.23. The van der Waals surface area contributed by atoms with Crippen molar-refractivity contribution in [1.82, 2.24) is 0 Å². The highest BCUT2D eigenvalue weighted by molar-refractivity contribution is 9.10. The maximum atomic E-state index is 5.93. The van der Waals surface area contributed by atoms with Gasteiger partial charge in [-0.25, -0.2) is 0 Å². The molecule has 2 rings (SSSR count). The van der Waals surface area contributed by atoms with Gasteiger partial charge >= 0.3 is 0 Å². The molecule has 0 heterocycles. The average molecular weight is 339 g/mol. The quantitative estimate of drug-likeness (QED) is 0.793. The molecule has 0 aliphatic carbocycles. The molecule has 2 N–H and O–H groups in total. The average Bonchev–Trinajstić information content (AvgIpc) is 2.44. The summed E-state index contributed by atoms with van der Waals surface area (Å²) in [4.78, 5) is 0. The smallest absolute Gasteiger partial charge is 0.108 e. The molecule has 5 heteroatoms. The van der Waals surface area contributed by atoms with Crippen LogP contribution in [0.3, 0.4) is 0 Å². The van der Waals surface area contributed by atoms with Crippen molar-refractivity contribution in [3.63, 3.8) is 0 Å². The molecule has 1 atom stereocenters. The number of rotatable bonds is 4. The van der Waals surface area contributed by atoms with E-state index in [2.05, 4.69) is 26.2 Å². The lowest BCUT2D eigenvalue weighted by Crippen LogP contribution is -2.09. The van der Waals surface area contributed by atoms with E-state index in [4.69, 9.17) is 17.3 Å². The van der Waals surface area contributed by atoms with Gasteiger partial charge in [-0.1, -0.05) is 41.9 Å². The van der Waals surface area contributed by atoms with E-state index in [1.54, 1.807) is 6.07 Å². The summed E-state index contributed by atoms with van der Waals surface area (Å²) in [5, 5.41) is 9.15. The van der Waals surface area contributed by atoms with Gasteiger partial charge in [0.25, 0.3) is 0 Å². The van der Waals surface area contributed by atoms with Crippen LogP contribution in [0, 0.1) is 0 Å². The second-order valence-corrected chi connectivity index (χ2v) is 5.24. The van der Waals surface area contributed by atoms with Gasteiger partial charge in [-0.3, -0.25) is 0 Å². The normalized spacial score (nSPS) is 12.8. The van der Waals surface area contributed by atoms with E-state index in [-0.39, 0.29) is 6.04 Å². The van der Waals surface area contributed by atoms with Crippen molar-refractivity contribution < 1.29 is 0 Å². The molecular weight excluding hydrogens is 326 g/mol. The summed E-state index contributed by atoms with van der Waals surface area (Å²) in [6.07, 6.45) is 0. The minimum atomic E-state index is -0.129. The molecule has 2 aromatic carbocycles. The minimum absolute atomic E-state index is 0.129. The van der Waals surface area contributed by atoms with Gasteiger partial charge in [-0.05, 0) is 39.7 Å². The van der Waals surface area contributed by atoms with Gasteiger partial charge in [0.15, 0.2) is 0 Å². The third-order valence-electron chi connectivity index (χ3n) is 2.62. The first-order chi connectivity index (χ1) is 9.20. The molecule has 0 saturated carbocycles. The molecule has 0 aliphatic heterocycles. The van der Waals surface area contributed by atoms with Crippen LogP contribution in [-0.4, -0.2) is 6.54 Å². The first-order valence-electron chi connectivity index (χ1n) is 5.81. The Morgan fingerprint density at radius 1 is 1.16 bits per heavy atom. The topological polar surface area (TPSA) is 50.7 Å². The van der Waals surface area contributed by atoms with Crippen molar-refractivity contribution in [2.24, 2.45) is 16.0 Å². The molecule has 0 bridgehead atoms. The van der Waals surface area contributed by atoms with Gasteiger partial charge in [0, 0.05) is 11.0 Å². The predicted molar refractivity (Wildman–Crippen MR) is 81.9 cm³/mol. The summed E-state index contributed by atoms with van der Waals surface area (Å²) >= 11 is 9.28. The molecule has 0 fully saturated rings. The fraction of sp³-hybridized carbons (Fsp3) is 0.143. The summed E-state index contributed by atoms with van der Waals surface area (Å²) in [5.41, 5.74) is 7.54. The Bertz CT molecular complexity index is 572. The number of nitrogens with two attached hydrogens (primary N) is 1. The highest BCUT2D eigenvalue weighted by Crippen LogP contribution is 2.28. The molecule has 0 spiro atoms. The largest absolute Gasteiger partial charge is 0.328 e. The molecule has 0 aromatic heterocycles. The summed E-state index contributed by atoms with van der Waals surface area (Å²) < 4.78 is 0.801. The van der Waals surface area contributed by atoms with Crippen LogP contribution in [0.4, 0.5) is 5.69 Å². The Morgan fingerprint density at radius 3 is 2.53 bits per heavy atom. The second kappa shape index (κ2) is 6.80. The number of hydrogen-bond acceptors (Lipinski definition) is 3. The van der Waals surface area contributed by atoms with E-state index < -0.39 is 0 Å². The van der Waals surface area contributed by atoms with Crippen LogP contribution in [0.5, 0.6) is 0 Å². The first-order valence-corrected chi connectivity index (χ1v) is 6.98. The van der Waals surface area contributed by atoms with Crippen molar-refractivity contribution in [2.45, 2.75) is 6.04 Å². The van der Waals surface area contributed by atoms with Crippen molar-refractivity contribution in [2.75, 3.05) is 6.54 Å². The third-order valence-corrected chi connectivity index (χ3v) is 3.84. The van der Waals surface area contributed by atoms with Gasteiger partial charge in [-0.2, -0.15) is 10.2 Å². The van der Waals surface area contributed by atoms with Gasteiger partial charge in [0.05, 0.1) is 10.7 Å². The molecule has 0 saturated heterocycles. The highest BCUT2D eigenvalue weighted by atomic mass is 79.9. The van der Waals surface area contributed by atoms with E-state index >= 15 is 0 Å². The summed E-state index contributed by atoms with van der Waals surface area (Å²) in [6, 6.07) is 15.2. The monoisotopic (exact) mass is 337 g/mol. The van der Waals surface area contributed by atoms with Crippen LogP contribution in [-0.2, 0) is 0 Å². The van der Waals surface area contributed by atoms with Crippen LogP contribution in [0.2, 0.25) is 5.02 Å². The van der Waals surface area contributed by atoms with E-state index in [1.807, 2.05) is 42.5 Å². The highest BCUT2D eigenvalue weighted by Gasteiger charge is 2.07. The number of halogens is 2. The molecular formula is C14H13BrClN3. The van der Waals surface area contributed by atoms with Crippen molar-refractivity contribution in [3.8, 4) is 0 Å². The summed E-state index contributed by atoms with van der Waals surface area (Å²) in [5.74, 6) is 0. The van der Waals surface area contributed by atoms with Crippen LogP contribution in [0.15, 0.2) is 63.2 Å². The fourth-order valence-electron chi connectivity index (χ4n) is 1.61. The zero-order chi connectivity index (χ0) is 13.7. The number of benzene rings is 2. The molecule has 98 valence electrons. The Morgan fingerprint density at radius 2 is 1.89 bits per heavy atom. The third kappa shape index (κ3) is 3.86. The van der Waals surface area contributed by atoms with E-state index in [9.17, 15) is 0 Å². The predicted octanol–water partition coefficient (Wildman–Crippen LogP) is 4.89. The molecule has 0 amide bonds. The Labute approximate surface area is 125 Å². The van der Waals surface area contributed by atoms with E-state index in [0.29, 0.717) is 11.6 Å². The zero-order valence-electron chi connectivity index (χ0n) is 10.1. The maximum absolute atomic E-state index is 5.93. The lowest BCUT2D eigenvalue weighted by molar-refractivity contribution is 0.699. The molecule has 3 nitrogen and oxygen atoms in total. The van der Waals surface area contributed by atoms with Crippen molar-refractivity contribution in [1.29, 1.82) is 0 Å². The summed E-state index contributed by atoms with van der Waals surface area (Å²) in [6.45, 7) is 0.419. The summed E-state index contributed by atoms with van der Waals surface area (Å²) in [7, 11) is 0. The molecule has 19 heavy (non-hydrogen) atoms. The van der Waals surface area contributed by atoms with Gasteiger partial charge < -0.3 is 5.73 Å². The van der Waals surface area contributed by atoms with Crippen molar-refractivity contribution >= 4 is 33.2 Å². The second-order valence-electron chi connectivity index (χ2n) is 3.98. The first kappa shape index (κ1) is 14.2.